The van der Waals surface area contributed by atoms with E-state index in [0.717, 1.165) is 20.8 Å². The first-order valence-corrected chi connectivity index (χ1v) is 10.2. The van der Waals surface area contributed by atoms with Crippen LogP contribution in [0.25, 0.3) is 0 Å². The smallest absolute Gasteiger partial charge is 0.432 e. The normalized spacial score (nSPS) is 24.8. The first-order valence-electron chi connectivity index (χ1n) is 8.45. The van der Waals surface area contributed by atoms with Gasteiger partial charge < -0.3 is 4.55 Å². The van der Waals surface area contributed by atoms with E-state index < -0.39 is 72.8 Å². The lowest BCUT2D eigenvalue weighted by Gasteiger charge is -2.47. The summed E-state index contributed by atoms with van der Waals surface area (Å²) in [6.07, 6.45) is -26.8. The minimum Gasteiger partial charge on any atom is -0.745 e. The molecule has 0 fully saturated rings. The number of hydrogen-bond acceptors (Lipinski definition) is 4. The Hall–Kier alpha value is -1.59. The highest BCUT2D eigenvalue weighted by Gasteiger charge is 2.87. The van der Waals surface area contributed by atoms with Gasteiger partial charge >= 0.3 is 24.7 Å². The van der Waals surface area contributed by atoms with E-state index >= 15 is 0 Å². The molecule has 1 aromatic rings. The Morgan fingerprint density at radius 3 is 1.18 bits per heavy atom. The predicted octanol–water partition coefficient (Wildman–Crippen LogP) is 5.82. The van der Waals surface area contributed by atoms with Crippen LogP contribution in [0.4, 0.5) is 52.7 Å². The molecule has 17 heteroatoms. The Morgan fingerprint density at radius 2 is 0.970 bits per heavy atom. The fourth-order valence-corrected chi connectivity index (χ4v) is 6.43. The van der Waals surface area contributed by atoms with E-state index in [-0.39, 0.29) is 12.1 Å². The van der Waals surface area contributed by atoms with Gasteiger partial charge in [-0.25, -0.2) is 4.21 Å². The molecule has 0 aliphatic carbocycles. The van der Waals surface area contributed by atoms with Crippen molar-refractivity contribution >= 4 is 9.91 Å². The predicted molar refractivity (Wildman–Crippen MR) is 82.1 cm³/mol. The standard InChI is InChI=1S/C16H12F12O4S/c1-10(2,3)6-4-7-9-8(5-6)12(15(23,24)25,16(26,27)28)32-33(9,29,30)31-11(7,13(17,18)19)14(20,21)22/h4-5H,1-3H3,(H,29,30)/p-1. The van der Waals surface area contributed by atoms with E-state index in [1.807, 2.05) is 0 Å². The molecule has 1 aromatic carbocycles. The average molecular weight is 527 g/mol. The fourth-order valence-electron chi connectivity index (χ4n) is 3.69. The highest BCUT2D eigenvalue weighted by atomic mass is 32.3. The molecular weight excluding hydrogens is 516 g/mol. The summed E-state index contributed by atoms with van der Waals surface area (Å²) in [6, 6.07) is -0.185. The zero-order valence-electron chi connectivity index (χ0n) is 16.2. The van der Waals surface area contributed by atoms with Crippen molar-refractivity contribution in [2.45, 2.75) is 67.0 Å². The van der Waals surface area contributed by atoms with E-state index in [0.29, 0.717) is 0 Å². The van der Waals surface area contributed by atoms with Crippen LogP contribution in [0.2, 0.25) is 0 Å². The van der Waals surface area contributed by atoms with Crippen molar-refractivity contribution in [1.82, 2.24) is 0 Å². The third kappa shape index (κ3) is 3.00. The van der Waals surface area contributed by atoms with Crippen molar-refractivity contribution in [2.75, 3.05) is 0 Å². The lowest BCUT2D eigenvalue weighted by atomic mass is 9.78. The van der Waals surface area contributed by atoms with Gasteiger partial charge in [0.15, 0.2) is 0 Å². The Kier molecular flexibility index (Phi) is 4.70. The van der Waals surface area contributed by atoms with E-state index in [1.165, 1.54) is 0 Å². The summed E-state index contributed by atoms with van der Waals surface area (Å²) in [5.41, 5.74) is -19.2. The van der Waals surface area contributed by atoms with Gasteiger partial charge in [-0.2, -0.15) is 52.7 Å². The molecule has 0 saturated carbocycles. The van der Waals surface area contributed by atoms with Gasteiger partial charge in [-0.3, -0.25) is 8.37 Å². The molecule has 3 rings (SSSR count). The van der Waals surface area contributed by atoms with E-state index in [1.54, 1.807) is 0 Å². The Morgan fingerprint density at radius 1 is 0.697 bits per heavy atom. The van der Waals surface area contributed by atoms with Gasteiger partial charge in [0.05, 0.1) is 14.8 Å². The molecular formula is C16H11F12O4S-. The highest BCUT2D eigenvalue weighted by molar-refractivity contribution is 8.07. The van der Waals surface area contributed by atoms with Crippen molar-refractivity contribution in [2.24, 2.45) is 0 Å². The first-order chi connectivity index (χ1) is 14.2. The van der Waals surface area contributed by atoms with Gasteiger partial charge in [0, 0.05) is 11.1 Å². The van der Waals surface area contributed by atoms with Crippen LogP contribution >= 0.6 is 0 Å². The summed E-state index contributed by atoms with van der Waals surface area (Å²) < 4.78 is 197. The molecule has 0 aromatic heterocycles. The summed E-state index contributed by atoms with van der Waals surface area (Å²) in [4.78, 5) is -2.62. The van der Waals surface area contributed by atoms with Crippen LogP contribution in [0.5, 0.6) is 0 Å². The van der Waals surface area contributed by atoms with Gasteiger partial charge in [-0.1, -0.05) is 32.9 Å². The maximum absolute atomic E-state index is 13.7. The number of alkyl halides is 12. The second kappa shape index (κ2) is 5.96. The molecule has 0 spiro atoms. The Bertz CT molecular complexity index is 992. The van der Waals surface area contributed by atoms with E-state index in [4.69, 9.17) is 0 Å². The highest BCUT2D eigenvalue weighted by Crippen LogP contribution is 2.73. The van der Waals surface area contributed by atoms with Gasteiger partial charge in [-0.05, 0) is 11.0 Å². The monoisotopic (exact) mass is 527 g/mol. The quantitative estimate of drug-likeness (QED) is 0.399. The zero-order valence-corrected chi connectivity index (χ0v) is 17.0. The molecule has 0 unspecified atom stereocenters. The summed E-state index contributed by atoms with van der Waals surface area (Å²) in [5.74, 6) is 0. The molecule has 2 heterocycles. The molecule has 0 bridgehead atoms. The lowest BCUT2D eigenvalue weighted by molar-refractivity contribution is -0.380. The van der Waals surface area contributed by atoms with Crippen molar-refractivity contribution in [1.29, 1.82) is 0 Å². The molecule has 0 N–H and O–H groups in total. The summed E-state index contributed by atoms with van der Waals surface area (Å²) in [6.45, 7) is 3.14. The molecule has 190 valence electrons. The topological polar surface area (TPSA) is 58.6 Å². The second-order valence-corrected chi connectivity index (χ2v) is 10.6. The summed E-state index contributed by atoms with van der Waals surface area (Å²) in [5, 5.41) is 0. The van der Waals surface area contributed by atoms with Crippen LogP contribution in [0.3, 0.4) is 0 Å². The summed E-state index contributed by atoms with van der Waals surface area (Å²) >= 11 is 0. The van der Waals surface area contributed by atoms with E-state index in [9.17, 15) is 61.4 Å². The lowest BCUT2D eigenvalue weighted by Crippen LogP contribution is -2.60. The number of halogens is 12. The summed E-state index contributed by atoms with van der Waals surface area (Å²) in [7, 11) is -8.24. The van der Waals surface area contributed by atoms with Crippen LogP contribution in [-0.2, 0) is 34.9 Å². The Labute approximate surface area is 176 Å². The molecule has 4 nitrogen and oxygen atoms in total. The van der Waals surface area contributed by atoms with Gasteiger partial charge in [0.25, 0.3) is 11.2 Å². The Balaban J connectivity index is 2.70. The minimum atomic E-state index is -8.24. The minimum absolute atomic E-state index is 0.0927. The maximum atomic E-state index is 13.7. The largest absolute Gasteiger partial charge is 0.745 e. The van der Waals surface area contributed by atoms with Crippen LogP contribution in [-0.4, -0.2) is 33.5 Å². The van der Waals surface area contributed by atoms with Gasteiger partial charge in [0.1, 0.15) is 0 Å². The fraction of sp³-hybridized carbons (Fsp3) is 0.625. The third-order valence-corrected chi connectivity index (χ3v) is 7.36. The SMILES string of the molecule is CC(C)(C)c1cc2c3c(c1)C(C(F)(F)F)(C(F)(F)F)OS3(=O)([O-])OC2(C(F)(F)F)C(F)(F)F. The third-order valence-electron chi connectivity index (χ3n) is 5.18. The molecule has 0 saturated heterocycles. The molecule has 2 aliphatic rings. The molecule has 0 amide bonds. The molecule has 0 atom stereocenters. The van der Waals surface area contributed by atoms with Crippen molar-refractivity contribution in [3.05, 3.63) is 28.8 Å². The number of benzene rings is 1. The number of hydrogen-bond donors (Lipinski definition) is 0. The average Bonchev–Trinajstić information content (AvgIpc) is 2.89. The van der Waals surface area contributed by atoms with Gasteiger partial charge in [0.2, 0.25) is 0 Å². The van der Waals surface area contributed by atoms with E-state index in [2.05, 4.69) is 8.37 Å². The maximum Gasteiger partial charge on any atom is 0.432 e. The zero-order chi connectivity index (χ0) is 26.1. The number of rotatable bonds is 0. The first kappa shape index (κ1) is 26.0. The molecule has 2 aliphatic heterocycles. The van der Waals surface area contributed by atoms with Gasteiger partial charge in [-0.15, -0.1) is 0 Å². The van der Waals surface area contributed by atoms with Crippen LogP contribution in [0.1, 0.15) is 37.5 Å². The molecule has 0 radical (unpaired) electrons. The van der Waals surface area contributed by atoms with Crippen LogP contribution in [0, 0.1) is 0 Å². The van der Waals surface area contributed by atoms with Crippen LogP contribution in [0.15, 0.2) is 17.0 Å². The van der Waals surface area contributed by atoms with Crippen molar-refractivity contribution in [3.8, 4) is 0 Å². The van der Waals surface area contributed by atoms with Crippen LogP contribution < -0.4 is 0 Å². The second-order valence-electron chi connectivity index (χ2n) is 8.41. The van der Waals surface area contributed by atoms with Crippen molar-refractivity contribution < 1.29 is 69.8 Å². The molecule has 33 heavy (non-hydrogen) atoms. The van der Waals surface area contributed by atoms with Crippen molar-refractivity contribution in [3.63, 3.8) is 0 Å².